The third-order valence-corrected chi connectivity index (χ3v) is 4.67. The van der Waals surface area contributed by atoms with Crippen LogP contribution in [-0.2, 0) is 9.47 Å². The number of carbonyl (C=O) groups excluding carboxylic acids is 2. The van der Waals surface area contributed by atoms with Gasteiger partial charge in [-0.15, -0.1) is 0 Å². The Labute approximate surface area is 174 Å². The molecule has 0 aliphatic carbocycles. The van der Waals surface area contributed by atoms with Crippen LogP contribution in [0.2, 0.25) is 0 Å². The van der Waals surface area contributed by atoms with Crippen molar-refractivity contribution < 1.29 is 23.5 Å². The second-order valence-corrected chi connectivity index (χ2v) is 8.05. The maximum absolute atomic E-state index is 14.5. The van der Waals surface area contributed by atoms with Crippen LogP contribution in [-0.4, -0.2) is 53.9 Å². The summed E-state index contributed by atoms with van der Waals surface area (Å²) in [7, 11) is 1.28. The highest BCUT2D eigenvalue weighted by Gasteiger charge is 2.38. The Balaban J connectivity index is 1.83. The molecule has 8 nitrogen and oxygen atoms in total. The quantitative estimate of drug-likeness (QED) is 0.766. The van der Waals surface area contributed by atoms with E-state index in [0.717, 1.165) is 0 Å². The summed E-state index contributed by atoms with van der Waals surface area (Å²) in [6, 6.07) is 6.06. The maximum Gasteiger partial charge on any atom is 0.407 e. The van der Waals surface area contributed by atoms with Crippen molar-refractivity contribution in [1.82, 2.24) is 15.3 Å². The van der Waals surface area contributed by atoms with E-state index in [4.69, 9.17) is 4.74 Å². The summed E-state index contributed by atoms with van der Waals surface area (Å²) in [6.45, 7) is 6.07. The van der Waals surface area contributed by atoms with Gasteiger partial charge >= 0.3 is 12.1 Å². The third kappa shape index (κ3) is 5.03. The van der Waals surface area contributed by atoms with Gasteiger partial charge < -0.3 is 19.7 Å². The average molecular weight is 416 g/mol. The van der Waals surface area contributed by atoms with Crippen molar-refractivity contribution in [2.24, 2.45) is 0 Å². The molecule has 0 radical (unpaired) electrons. The van der Waals surface area contributed by atoms with Gasteiger partial charge in [0.1, 0.15) is 11.4 Å². The molecule has 1 aliphatic rings. The van der Waals surface area contributed by atoms with Crippen molar-refractivity contribution in [2.75, 3.05) is 25.1 Å². The summed E-state index contributed by atoms with van der Waals surface area (Å²) in [4.78, 5) is 34.2. The highest BCUT2D eigenvalue weighted by atomic mass is 19.1. The largest absolute Gasteiger partial charge is 0.465 e. The lowest BCUT2D eigenvalue weighted by atomic mass is 9.94. The van der Waals surface area contributed by atoms with Gasteiger partial charge in [-0.1, -0.05) is 18.2 Å². The fourth-order valence-corrected chi connectivity index (χ4v) is 3.37. The normalized spacial score (nSPS) is 18.8. The lowest BCUT2D eigenvalue weighted by Gasteiger charge is -2.24. The molecular weight excluding hydrogens is 391 g/mol. The lowest BCUT2D eigenvalue weighted by Crippen LogP contribution is -2.43. The van der Waals surface area contributed by atoms with Gasteiger partial charge in [0, 0.05) is 31.4 Å². The molecule has 1 aromatic heterocycles. The van der Waals surface area contributed by atoms with Crippen LogP contribution < -0.4 is 10.2 Å². The molecule has 9 heteroatoms. The molecule has 2 atom stereocenters. The summed E-state index contributed by atoms with van der Waals surface area (Å²) in [5, 5.41) is 2.85. The number of amides is 1. The minimum Gasteiger partial charge on any atom is -0.465 e. The van der Waals surface area contributed by atoms with Gasteiger partial charge in [-0.05, 0) is 32.4 Å². The Kier molecular flexibility index (Phi) is 6.19. The minimum atomic E-state index is -0.650. The number of nitrogens with one attached hydrogen (secondary N) is 1. The summed E-state index contributed by atoms with van der Waals surface area (Å²) < 4.78 is 24.5. The first-order chi connectivity index (χ1) is 14.2. The van der Waals surface area contributed by atoms with Crippen molar-refractivity contribution in [3.8, 4) is 0 Å². The highest BCUT2D eigenvalue weighted by Crippen LogP contribution is 2.31. The molecular formula is C21H25FN4O4. The monoisotopic (exact) mass is 416 g/mol. The second kappa shape index (κ2) is 8.64. The van der Waals surface area contributed by atoms with Crippen molar-refractivity contribution in [2.45, 2.75) is 38.3 Å². The summed E-state index contributed by atoms with van der Waals surface area (Å²) in [6.07, 6.45) is 2.18. The van der Waals surface area contributed by atoms with Crippen LogP contribution in [0, 0.1) is 5.82 Å². The molecule has 1 amide bonds. The van der Waals surface area contributed by atoms with Crippen LogP contribution in [0.5, 0.6) is 0 Å². The van der Waals surface area contributed by atoms with E-state index in [-0.39, 0.29) is 17.3 Å². The van der Waals surface area contributed by atoms with E-state index in [1.165, 1.54) is 25.6 Å². The molecule has 1 N–H and O–H groups in total. The molecule has 1 saturated heterocycles. The Morgan fingerprint density at radius 1 is 1.17 bits per heavy atom. The predicted octanol–water partition coefficient (Wildman–Crippen LogP) is 2.90. The van der Waals surface area contributed by atoms with Crippen molar-refractivity contribution in [1.29, 1.82) is 0 Å². The SMILES string of the molecule is COC(=O)c1cnc(N2C[C@H](NC(=O)OC(C)(C)C)[C@@H](c3ccccc3F)C2)nc1. The number of carbonyl (C=O) groups is 2. The zero-order valence-corrected chi connectivity index (χ0v) is 17.4. The molecule has 2 aromatic rings. The zero-order chi connectivity index (χ0) is 21.9. The first-order valence-electron chi connectivity index (χ1n) is 9.57. The maximum atomic E-state index is 14.5. The molecule has 0 bridgehead atoms. The standard InChI is InChI=1S/C21H25FN4O4/c1-21(2,3)30-20(28)25-17-12-26(11-15(17)14-7-5-6-8-16(14)22)19-23-9-13(10-24-19)18(27)29-4/h5-10,15,17H,11-12H2,1-4H3,(H,25,28)/t15-,17+/m1/s1. The molecule has 1 fully saturated rings. The van der Waals surface area contributed by atoms with E-state index in [2.05, 4.69) is 20.0 Å². The molecule has 0 saturated carbocycles. The van der Waals surface area contributed by atoms with Crippen LogP contribution in [0.1, 0.15) is 42.6 Å². The molecule has 1 aliphatic heterocycles. The number of rotatable bonds is 4. The summed E-state index contributed by atoms with van der Waals surface area (Å²) in [5.74, 6) is -0.834. The zero-order valence-electron chi connectivity index (χ0n) is 17.4. The van der Waals surface area contributed by atoms with Gasteiger partial charge in [0.2, 0.25) is 5.95 Å². The summed E-state index contributed by atoms with van der Waals surface area (Å²) in [5.41, 5.74) is 0.0738. The second-order valence-electron chi connectivity index (χ2n) is 8.05. The van der Waals surface area contributed by atoms with E-state index in [9.17, 15) is 14.0 Å². The van der Waals surface area contributed by atoms with Gasteiger partial charge in [0.25, 0.3) is 0 Å². The third-order valence-electron chi connectivity index (χ3n) is 4.67. The van der Waals surface area contributed by atoms with Crippen molar-refractivity contribution in [3.63, 3.8) is 0 Å². The Hall–Kier alpha value is -3.23. The van der Waals surface area contributed by atoms with E-state index in [1.807, 2.05) is 4.90 Å². The average Bonchev–Trinajstić information content (AvgIpc) is 3.09. The van der Waals surface area contributed by atoms with Crippen LogP contribution in [0.25, 0.3) is 0 Å². The van der Waals surface area contributed by atoms with Crippen molar-refractivity contribution >= 4 is 18.0 Å². The smallest absolute Gasteiger partial charge is 0.407 e. The number of halogens is 1. The van der Waals surface area contributed by atoms with Gasteiger partial charge in [-0.2, -0.15) is 0 Å². The molecule has 3 rings (SSSR count). The summed E-state index contributed by atoms with van der Waals surface area (Å²) >= 11 is 0. The molecule has 2 heterocycles. The van der Waals surface area contributed by atoms with Crippen LogP contribution in [0.3, 0.4) is 0 Å². The fraction of sp³-hybridized carbons (Fsp3) is 0.429. The number of anilines is 1. The Morgan fingerprint density at radius 2 is 1.83 bits per heavy atom. The number of hydrogen-bond acceptors (Lipinski definition) is 7. The minimum absolute atomic E-state index is 0.231. The number of ether oxygens (including phenoxy) is 2. The lowest BCUT2D eigenvalue weighted by molar-refractivity contribution is 0.0503. The molecule has 0 spiro atoms. The molecule has 160 valence electrons. The highest BCUT2D eigenvalue weighted by molar-refractivity contribution is 5.88. The number of nitrogens with zero attached hydrogens (tertiary/aromatic N) is 3. The van der Waals surface area contributed by atoms with Crippen LogP contribution in [0.15, 0.2) is 36.7 Å². The van der Waals surface area contributed by atoms with Gasteiger partial charge in [-0.25, -0.2) is 23.9 Å². The number of alkyl carbamates (subject to hydrolysis) is 1. The predicted molar refractivity (Wildman–Crippen MR) is 108 cm³/mol. The van der Waals surface area contributed by atoms with Gasteiger partial charge in [0.15, 0.2) is 0 Å². The number of benzene rings is 1. The van der Waals surface area contributed by atoms with Crippen LogP contribution in [0.4, 0.5) is 15.1 Å². The van der Waals surface area contributed by atoms with Gasteiger partial charge in [-0.3, -0.25) is 0 Å². The van der Waals surface area contributed by atoms with Gasteiger partial charge in [0.05, 0.1) is 18.7 Å². The van der Waals surface area contributed by atoms with E-state index >= 15 is 0 Å². The number of methoxy groups -OCH3 is 1. The molecule has 1 aromatic carbocycles. The van der Waals surface area contributed by atoms with E-state index < -0.39 is 23.7 Å². The van der Waals surface area contributed by atoms with Crippen molar-refractivity contribution in [3.05, 3.63) is 53.6 Å². The van der Waals surface area contributed by atoms with E-state index in [1.54, 1.807) is 39.0 Å². The molecule has 0 unspecified atom stereocenters. The fourth-order valence-electron chi connectivity index (χ4n) is 3.37. The Bertz CT molecular complexity index is 914. The molecule has 30 heavy (non-hydrogen) atoms. The van der Waals surface area contributed by atoms with Crippen LogP contribution >= 0.6 is 0 Å². The first-order valence-corrected chi connectivity index (χ1v) is 9.57. The van der Waals surface area contributed by atoms with E-state index in [0.29, 0.717) is 24.6 Å². The number of hydrogen-bond donors (Lipinski definition) is 1. The first kappa shape index (κ1) is 21.5. The number of esters is 1. The topological polar surface area (TPSA) is 93.7 Å². The number of aromatic nitrogens is 2. The Morgan fingerprint density at radius 3 is 2.43 bits per heavy atom.